The van der Waals surface area contributed by atoms with Gasteiger partial charge in [-0.25, -0.2) is 9.59 Å². The Kier molecular flexibility index (Phi) is 7.04. The molecule has 0 atom stereocenters. The topological polar surface area (TPSA) is 122 Å². The van der Waals surface area contributed by atoms with Gasteiger partial charge in [0.25, 0.3) is 5.91 Å². The van der Waals surface area contributed by atoms with E-state index in [1.54, 1.807) is 0 Å². The molecular weight excluding hydrogens is 354 g/mol. The average Bonchev–Trinajstić information content (AvgIpc) is 2.98. The molecule has 9 nitrogen and oxygen atoms in total. The van der Waals surface area contributed by atoms with Gasteiger partial charge >= 0.3 is 12.0 Å². The Hall–Kier alpha value is -3.23. The monoisotopic (exact) mass is 375 g/mol. The van der Waals surface area contributed by atoms with Crippen LogP contribution in [0.2, 0.25) is 0 Å². The summed E-state index contributed by atoms with van der Waals surface area (Å²) >= 11 is 0. The minimum atomic E-state index is -0.762. The van der Waals surface area contributed by atoms with Crippen LogP contribution in [0.4, 0.5) is 10.5 Å². The van der Waals surface area contributed by atoms with Crippen molar-refractivity contribution in [1.82, 2.24) is 10.6 Å². The van der Waals surface area contributed by atoms with E-state index in [4.69, 9.17) is 4.74 Å². The van der Waals surface area contributed by atoms with E-state index in [0.717, 1.165) is 17.7 Å². The van der Waals surface area contributed by atoms with Crippen LogP contribution in [0.5, 0.6) is 0 Å². The van der Waals surface area contributed by atoms with Gasteiger partial charge in [0.2, 0.25) is 11.8 Å². The van der Waals surface area contributed by atoms with E-state index in [1.807, 2.05) is 6.92 Å². The van der Waals surface area contributed by atoms with Crippen molar-refractivity contribution < 1.29 is 28.7 Å². The normalized spacial score (nSPS) is 13.4. The molecule has 1 heterocycles. The van der Waals surface area contributed by atoms with Gasteiger partial charge in [-0.05, 0) is 30.7 Å². The largest absolute Gasteiger partial charge is 0.452 e. The second-order valence-corrected chi connectivity index (χ2v) is 5.90. The summed E-state index contributed by atoms with van der Waals surface area (Å²) in [5, 5.41) is 4.56. The highest BCUT2D eigenvalue weighted by Crippen LogP contribution is 2.22. The lowest BCUT2D eigenvalue weighted by Gasteiger charge is -2.14. The van der Waals surface area contributed by atoms with Crippen molar-refractivity contribution >= 4 is 35.4 Å². The molecule has 0 saturated carbocycles. The number of nitrogens with zero attached hydrogens (tertiary/aromatic N) is 1. The van der Waals surface area contributed by atoms with Crippen LogP contribution in [0.1, 0.15) is 43.0 Å². The van der Waals surface area contributed by atoms with Crippen molar-refractivity contribution in [1.29, 1.82) is 0 Å². The van der Waals surface area contributed by atoms with Gasteiger partial charge < -0.3 is 10.1 Å². The van der Waals surface area contributed by atoms with Crippen LogP contribution in [-0.2, 0) is 19.1 Å². The molecule has 144 valence electrons. The van der Waals surface area contributed by atoms with Crippen LogP contribution < -0.4 is 15.5 Å². The molecular formula is C18H21N3O6. The van der Waals surface area contributed by atoms with Crippen LogP contribution in [0.15, 0.2) is 24.3 Å². The van der Waals surface area contributed by atoms with Gasteiger partial charge in [0.1, 0.15) is 0 Å². The zero-order chi connectivity index (χ0) is 19.8. The third kappa shape index (κ3) is 5.63. The number of amides is 5. The number of anilines is 1. The first kappa shape index (κ1) is 20.1. The molecule has 1 fully saturated rings. The summed E-state index contributed by atoms with van der Waals surface area (Å²) < 4.78 is 4.85. The van der Waals surface area contributed by atoms with Crippen molar-refractivity contribution in [2.24, 2.45) is 0 Å². The first-order valence-electron chi connectivity index (χ1n) is 8.63. The number of benzene rings is 1. The number of imide groups is 2. The number of carbonyl (C=O) groups is 5. The molecule has 1 aromatic carbocycles. The molecule has 27 heavy (non-hydrogen) atoms. The van der Waals surface area contributed by atoms with E-state index in [0.29, 0.717) is 12.2 Å². The number of urea groups is 1. The standard InChI is InChI=1S/C18H21N3O6/c1-2-3-10-19-18(26)20-14(22)11-27-17(25)12-4-6-13(7-5-12)21-15(23)8-9-16(21)24/h4-7H,2-3,8-11H2,1H3,(H2,19,20,22,26). The number of carbonyl (C=O) groups excluding carboxylic acids is 5. The third-order valence-corrected chi connectivity index (χ3v) is 3.82. The van der Waals surface area contributed by atoms with Gasteiger partial charge in [-0.2, -0.15) is 0 Å². The van der Waals surface area contributed by atoms with Crippen molar-refractivity contribution in [2.45, 2.75) is 32.6 Å². The number of hydrogen-bond donors (Lipinski definition) is 2. The minimum Gasteiger partial charge on any atom is -0.452 e. The van der Waals surface area contributed by atoms with Crippen molar-refractivity contribution in [3.05, 3.63) is 29.8 Å². The van der Waals surface area contributed by atoms with Gasteiger partial charge in [0.15, 0.2) is 6.61 Å². The predicted octanol–water partition coefficient (Wildman–Crippen LogP) is 1.12. The molecule has 0 aromatic heterocycles. The van der Waals surface area contributed by atoms with Crippen LogP contribution in [0, 0.1) is 0 Å². The molecule has 0 bridgehead atoms. The number of rotatable bonds is 7. The lowest BCUT2D eigenvalue weighted by Crippen LogP contribution is -2.41. The zero-order valence-electron chi connectivity index (χ0n) is 14.9. The summed E-state index contributed by atoms with van der Waals surface area (Å²) in [6.45, 7) is 1.81. The molecule has 5 amide bonds. The molecule has 2 rings (SSSR count). The predicted molar refractivity (Wildman–Crippen MR) is 94.9 cm³/mol. The van der Waals surface area contributed by atoms with Crippen LogP contribution in [0.3, 0.4) is 0 Å². The van der Waals surface area contributed by atoms with Crippen LogP contribution in [0.25, 0.3) is 0 Å². The first-order valence-corrected chi connectivity index (χ1v) is 8.63. The van der Waals surface area contributed by atoms with Crippen molar-refractivity contribution in [3.8, 4) is 0 Å². The van der Waals surface area contributed by atoms with Crippen LogP contribution in [-0.4, -0.2) is 42.9 Å². The highest BCUT2D eigenvalue weighted by Gasteiger charge is 2.30. The molecule has 0 radical (unpaired) electrons. The summed E-state index contributed by atoms with van der Waals surface area (Å²) in [6.07, 6.45) is 2.04. The molecule has 0 spiro atoms. The second-order valence-electron chi connectivity index (χ2n) is 5.90. The van der Waals surface area contributed by atoms with Gasteiger partial charge in [-0.15, -0.1) is 0 Å². The number of esters is 1. The SMILES string of the molecule is CCCCNC(=O)NC(=O)COC(=O)c1ccc(N2C(=O)CCC2=O)cc1. The van der Waals surface area contributed by atoms with E-state index >= 15 is 0 Å². The summed E-state index contributed by atoms with van der Waals surface area (Å²) in [5.74, 6) is -2.09. The van der Waals surface area contributed by atoms with Crippen molar-refractivity contribution in [2.75, 3.05) is 18.1 Å². The lowest BCUT2D eigenvalue weighted by molar-refractivity contribution is -0.123. The highest BCUT2D eigenvalue weighted by molar-refractivity contribution is 6.19. The van der Waals surface area contributed by atoms with Gasteiger partial charge in [-0.1, -0.05) is 13.3 Å². The van der Waals surface area contributed by atoms with Gasteiger partial charge in [0, 0.05) is 19.4 Å². The van der Waals surface area contributed by atoms with E-state index in [1.165, 1.54) is 24.3 Å². The van der Waals surface area contributed by atoms with Gasteiger partial charge in [0.05, 0.1) is 11.3 Å². The fourth-order valence-corrected chi connectivity index (χ4v) is 2.41. The Balaban J connectivity index is 1.82. The Bertz CT molecular complexity index is 728. The number of ether oxygens (including phenoxy) is 1. The number of unbranched alkanes of at least 4 members (excludes halogenated alkanes) is 1. The Morgan fingerprint density at radius 3 is 2.30 bits per heavy atom. The quantitative estimate of drug-likeness (QED) is 0.418. The van der Waals surface area contributed by atoms with Crippen molar-refractivity contribution in [3.63, 3.8) is 0 Å². The first-order chi connectivity index (χ1) is 12.9. The third-order valence-electron chi connectivity index (χ3n) is 3.82. The maximum absolute atomic E-state index is 12.0. The Labute approximate surface area is 156 Å². The van der Waals surface area contributed by atoms with E-state index in [9.17, 15) is 24.0 Å². The molecule has 1 aliphatic rings. The summed E-state index contributed by atoms with van der Waals surface area (Å²) in [5.41, 5.74) is 0.526. The lowest BCUT2D eigenvalue weighted by atomic mass is 10.2. The zero-order valence-corrected chi connectivity index (χ0v) is 14.9. The van der Waals surface area contributed by atoms with Gasteiger partial charge in [-0.3, -0.25) is 24.6 Å². The van der Waals surface area contributed by atoms with E-state index < -0.39 is 24.5 Å². The summed E-state index contributed by atoms with van der Waals surface area (Å²) in [7, 11) is 0. The van der Waals surface area contributed by atoms with E-state index in [2.05, 4.69) is 10.6 Å². The molecule has 2 N–H and O–H groups in total. The molecule has 1 aliphatic heterocycles. The Morgan fingerprint density at radius 1 is 1.07 bits per heavy atom. The highest BCUT2D eigenvalue weighted by atomic mass is 16.5. The summed E-state index contributed by atoms with van der Waals surface area (Å²) in [6, 6.07) is 5.06. The molecule has 0 aliphatic carbocycles. The number of hydrogen-bond acceptors (Lipinski definition) is 6. The Morgan fingerprint density at radius 2 is 1.70 bits per heavy atom. The van der Waals surface area contributed by atoms with E-state index in [-0.39, 0.29) is 30.2 Å². The molecule has 9 heteroatoms. The maximum atomic E-state index is 12.0. The minimum absolute atomic E-state index is 0.151. The summed E-state index contributed by atoms with van der Waals surface area (Å²) in [4.78, 5) is 59.4. The number of nitrogens with one attached hydrogen (secondary N) is 2. The smallest absolute Gasteiger partial charge is 0.338 e. The fourth-order valence-electron chi connectivity index (χ4n) is 2.41. The second kappa shape index (κ2) is 9.46. The molecule has 1 saturated heterocycles. The maximum Gasteiger partial charge on any atom is 0.338 e. The average molecular weight is 375 g/mol. The molecule has 0 unspecified atom stereocenters. The van der Waals surface area contributed by atoms with Crippen LogP contribution >= 0.6 is 0 Å². The molecule has 1 aromatic rings. The fraction of sp³-hybridized carbons (Fsp3) is 0.389.